The Kier molecular flexibility index (Phi) is 2.74. The summed E-state index contributed by atoms with van der Waals surface area (Å²) < 4.78 is 0. The first-order valence-electron chi connectivity index (χ1n) is 3.35. The van der Waals surface area contributed by atoms with Gasteiger partial charge in [-0.15, -0.1) is 11.6 Å². The molecule has 1 aromatic rings. The van der Waals surface area contributed by atoms with E-state index in [1.807, 2.05) is 6.07 Å². The van der Waals surface area contributed by atoms with Gasteiger partial charge in [0.1, 0.15) is 5.75 Å². The monoisotopic (exact) mass is 171 g/mol. The molecule has 2 nitrogen and oxygen atoms in total. The number of rotatable bonds is 2. The molecule has 0 aliphatic carbocycles. The van der Waals surface area contributed by atoms with Crippen molar-refractivity contribution in [3.63, 3.8) is 0 Å². The van der Waals surface area contributed by atoms with Crippen molar-refractivity contribution in [2.45, 2.75) is 12.4 Å². The summed E-state index contributed by atoms with van der Waals surface area (Å²) in [6, 6.07) is 5.40. The first-order valence-corrected chi connectivity index (χ1v) is 3.88. The number of halogens is 1. The summed E-state index contributed by atoms with van der Waals surface area (Å²) in [5.41, 5.74) is 6.84. The first-order chi connectivity index (χ1) is 5.29. The van der Waals surface area contributed by atoms with Gasteiger partial charge in [-0.25, -0.2) is 0 Å². The highest BCUT2D eigenvalue weighted by Gasteiger charge is 2.02. The van der Waals surface area contributed by atoms with Crippen LogP contribution in [-0.2, 0) is 12.4 Å². The van der Waals surface area contributed by atoms with Crippen molar-refractivity contribution in [3.05, 3.63) is 29.3 Å². The van der Waals surface area contributed by atoms with Gasteiger partial charge < -0.3 is 10.8 Å². The summed E-state index contributed by atoms with van der Waals surface area (Å²) in [5, 5.41) is 9.42. The fourth-order valence-corrected chi connectivity index (χ4v) is 1.13. The van der Waals surface area contributed by atoms with Crippen molar-refractivity contribution in [1.29, 1.82) is 0 Å². The van der Waals surface area contributed by atoms with Crippen LogP contribution in [0.15, 0.2) is 18.2 Å². The average molecular weight is 172 g/mol. The zero-order chi connectivity index (χ0) is 8.27. The molecular weight excluding hydrogens is 162 g/mol. The van der Waals surface area contributed by atoms with Gasteiger partial charge in [-0.3, -0.25) is 0 Å². The Balaban J connectivity index is 3.10. The predicted octanol–water partition coefficient (Wildman–Crippen LogP) is 1.59. The van der Waals surface area contributed by atoms with Crippen molar-refractivity contribution in [2.75, 3.05) is 0 Å². The Morgan fingerprint density at radius 3 is 2.55 bits per heavy atom. The molecule has 0 aromatic heterocycles. The van der Waals surface area contributed by atoms with Crippen molar-refractivity contribution in [3.8, 4) is 5.75 Å². The number of phenolic OH excluding ortho intramolecular Hbond substituents is 1. The Labute approximate surface area is 70.6 Å². The lowest BCUT2D eigenvalue weighted by Crippen LogP contribution is -1.97. The van der Waals surface area contributed by atoms with E-state index in [9.17, 15) is 5.11 Å². The van der Waals surface area contributed by atoms with Crippen LogP contribution in [0.25, 0.3) is 0 Å². The second kappa shape index (κ2) is 3.60. The van der Waals surface area contributed by atoms with Crippen molar-refractivity contribution in [2.24, 2.45) is 5.73 Å². The van der Waals surface area contributed by atoms with Crippen LogP contribution in [0.2, 0.25) is 0 Å². The molecule has 0 aliphatic rings. The van der Waals surface area contributed by atoms with Crippen LogP contribution in [-0.4, -0.2) is 5.11 Å². The smallest absolute Gasteiger partial charge is 0.124 e. The second-order valence-electron chi connectivity index (χ2n) is 2.26. The Hall–Kier alpha value is -0.730. The largest absolute Gasteiger partial charge is 0.507 e. The lowest BCUT2D eigenvalue weighted by atomic mass is 10.1. The van der Waals surface area contributed by atoms with Crippen LogP contribution in [0.5, 0.6) is 5.75 Å². The van der Waals surface area contributed by atoms with Gasteiger partial charge in [0.15, 0.2) is 0 Å². The molecule has 1 rings (SSSR count). The molecule has 60 valence electrons. The van der Waals surface area contributed by atoms with Gasteiger partial charge in [-0.05, 0) is 0 Å². The summed E-state index contributed by atoms with van der Waals surface area (Å²) in [6.45, 7) is 0.344. The van der Waals surface area contributed by atoms with E-state index in [4.69, 9.17) is 17.3 Å². The second-order valence-corrected chi connectivity index (χ2v) is 2.53. The van der Waals surface area contributed by atoms with E-state index >= 15 is 0 Å². The molecule has 0 saturated heterocycles. The summed E-state index contributed by atoms with van der Waals surface area (Å²) in [7, 11) is 0. The van der Waals surface area contributed by atoms with E-state index in [0.29, 0.717) is 12.4 Å². The van der Waals surface area contributed by atoms with Crippen molar-refractivity contribution >= 4 is 11.6 Å². The van der Waals surface area contributed by atoms with E-state index in [1.165, 1.54) is 0 Å². The zero-order valence-electron chi connectivity index (χ0n) is 6.05. The molecule has 0 spiro atoms. The highest BCUT2D eigenvalue weighted by molar-refractivity contribution is 6.17. The molecule has 0 unspecified atom stereocenters. The number of hydrogen-bond donors (Lipinski definition) is 2. The maximum absolute atomic E-state index is 9.42. The van der Waals surface area contributed by atoms with Crippen LogP contribution in [0.1, 0.15) is 11.1 Å². The maximum atomic E-state index is 9.42. The van der Waals surface area contributed by atoms with Gasteiger partial charge in [0.25, 0.3) is 0 Å². The number of para-hydroxylation sites is 1. The topological polar surface area (TPSA) is 46.2 Å². The van der Waals surface area contributed by atoms with Crippen LogP contribution in [0, 0.1) is 0 Å². The normalized spacial score (nSPS) is 10.0. The van der Waals surface area contributed by atoms with Crippen molar-refractivity contribution < 1.29 is 5.11 Å². The van der Waals surface area contributed by atoms with E-state index < -0.39 is 0 Å². The minimum Gasteiger partial charge on any atom is -0.507 e. The molecule has 0 fully saturated rings. The maximum Gasteiger partial charge on any atom is 0.124 e. The molecular formula is C8H10ClNO. The van der Waals surface area contributed by atoms with Crippen LogP contribution in [0.3, 0.4) is 0 Å². The molecule has 0 saturated carbocycles. The highest BCUT2D eigenvalue weighted by atomic mass is 35.5. The Morgan fingerprint density at radius 1 is 1.36 bits per heavy atom. The van der Waals surface area contributed by atoms with Crippen LogP contribution >= 0.6 is 11.6 Å². The van der Waals surface area contributed by atoms with Crippen molar-refractivity contribution in [1.82, 2.24) is 0 Å². The van der Waals surface area contributed by atoms with Gasteiger partial charge in [-0.2, -0.15) is 0 Å². The molecule has 0 aliphatic heterocycles. The highest BCUT2D eigenvalue weighted by Crippen LogP contribution is 2.22. The minimum atomic E-state index is 0.227. The summed E-state index contributed by atoms with van der Waals surface area (Å²) in [4.78, 5) is 0. The number of alkyl halides is 1. The van der Waals surface area contributed by atoms with E-state index in [2.05, 4.69) is 0 Å². The first kappa shape index (κ1) is 8.37. The SMILES string of the molecule is NCc1cccc(CCl)c1O. The van der Waals surface area contributed by atoms with E-state index in [0.717, 1.165) is 11.1 Å². The number of benzene rings is 1. The molecule has 0 radical (unpaired) electrons. The predicted molar refractivity (Wildman–Crippen MR) is 45.6 cm³/mol. The van der Waals surface area contributed by atoms with E-state index in [1.54, 1.807) is 12.1 Å². The zero-order valence-corrected chi connectivity index (χ0v) is 6.80. The molecule has 0 atom stereocenters. The van der Waals surface area contributed by atoms with Crippen LogP contribution in [0.4, 0.5) is 0 Å². The Bertz CT molecular complexity index is 228. The number of phenols is 1. The van der Waals surface area contributed by atoms with Crippen LogP contribution < -0.4 is 5.73 Å². The van der Waals surface area contributed by atoms with Gasteiger partial charge >= 0.3 is 0 Å². The summed E-state index contributed by atoms with van der Waals surface area (Å²) >= 11 is 5.56. The quantitative estimate of drug-likeness (QED) is 0.664. The number of hydrogen-bond acceptors (Lipinski definition) is 2. The summed E-state index contributed by atoms with van der Waals surface area (Å²) in [6.07, 6.45) is 0. The molecule has 0 bridgehead atoms. The lowest BCUT2D eigenvalue weighted by molar-refractivity contribution is 0.463. The third-order valence-electron chi connectivity index (χ3n) is 1.57. The van der Waals surface area contributed by atoms with Gasteiger partial charge in [0, 0.05) is 17.7 Å². The molecule has 1 aromatic carbocycles. The molecule has 0 heterocycles. The average Bonchev–Trinajstić information content (AvgIpc) is 2.05. The number of aromatic hydroxyl groups is 1. The minimum absolute atomic E-state index is 0.227. The third kappa shape index (κ3) is 1.64. The fourth-order valence-electron chi connectivity index (χ4n) is 0.917. The fraction of sp³-hybridized carbons (Fsp3) is 0.250. The van der Waals surface area contributed by atoms with Gasteiger partial charge in [0.2, 0.25) is 0 Å². The number of nitrogens with two attached hydrogens (primary N) is 1. The Morgan fingerprint density at radius 2 is 2.00 bits per heavy atom. The third-order valence-corrected chi connectivity index (χ3v) is 1.85. The van der Waals surface area contributed by atoms with Gasteiger partial charge in [-0.1, -0.05) is 18.2 Å². The molecule has 0 amide bonds. The molecule has 11 heavy (non-hydrogen) atoms. The standard InChI is InChI=1S/C8H10ClNO/c9-4-6-2-1-3-7(5-10)8(6)11/h1-3,11H,4-5,10H2. The van der Waals surface area contributed by atoms with E-state index in [-0.39, 0.29) is 5.75 Å². The summed E-state index contributed by atoms with van der Waals surface area (Å²) in [5.74, 6) is 0.546. The van der Waals surface area contributed by atoms with Gasteiger partial charge in [0.05, 0.1) is 5.88 Å². The molecule has 3 heteroatoms. The molecule has 3 N–H and O–H groups in total. The lowest BCUT2D eigenvalue weighted by Gasteiger charge is -2.04.